The summed E-state index contributed by atoms with van der Waals surface area (Å²) in [5.74, 6) is 1.73. The molecule has 0 unspecified atom stereocenters. The highest BCUT2D eigenvalue weighted by molar-refractivity contribution is 14.0. The fraction of sp³-hybridized carbons (Fsp3) is 0.450. The summed E-state index contributed by atoms with van der Waals surface area (Å²) in [5, 5.41) is 9.70. The second kappa shape index (κ2) is 12.6. The third kappa shape index (κ3) is 8.57. The van der Waals surface area contributed by atoms with E-state index >= 15 is 0 Å². The van der Waals surface area contributed by atoms with Gasteiger partial charge in [-0.25, -0.2) is 4.98 Å². The molecule has 0 spiro atoms. The van der Waals surface area contributed by atoms with E-state index in [0.29, 0.717) is 30.7 Å². The first-order chi connectivity index (χ1) is 13.4. The maximum Gasteiger partial charge on any atom is 0.259 e. The van der Waals surface area contributed by atoms with Gasteiger partial charge in [0.05, 0.1) is 12.2 Å². The minimum absolute atomic E-state index is 0. The number of likely N-dealkylation sites (N-methyl/N-ethyl adjacent to an activating group) is 1. The Labute approximate surface area is 194 Å². The Bertz CT molecular complexity index is 808. The lowest BCUT2D eigenvalue weighted by Gasteiger charge is -2.13. The molecule has 0 fully saturated rings. The van der Waals surface area contributed by atoms with Crippen molar-refractivity contribution in [3.8, 4) is 5.75 Å². The van der Waals surface area contributed by atoms with Crippen LogP contribution in [0.2, 0.25) is 0 Å². The molecule has 2 aromatic rings. The first-order valence-electron chi connectivity index (χ1n) is 9.19. The third-order valence-electron chi connectivity index (χ3n) is 4.01. The van der Waals surface area contributed by atoms with Crippen molar-refractivity contribution in [2.45, 2.75) is 32.9 Å². The van der Waals surface area contributed by atoms with Gasteiger partial charge in [0, 0.05) is 33.1 Å². The SMILES string of the molecule is CN=C(NCc1cccc(OCC(=O)N(C)C)c1)NCc1nc(C(C)C)cs1.I. The number of halogens is 1. The second-order valence-corrected chi connectivity index (χ2v) is 7.77. The average molecular weight is 531 g/mol. The number of aromatic nitrogens is 1. The van der Waals surface area contributed by atoms with Crippen molar-refractivity contribution in [1.29, 1.82) is 0 Å². The number of hydrogen-bond acceptors (Lipinski definition) is 5. The van der Waals surface area contributed by atoms with E-state index < -0.39 is 0 Å². The minimum atomic E-state index is -0.0732. The van der Waals surface area contributed by atoms with Crippen molar-refractivity contribution in [1.82, 2.24) is 20.5 Å². The molecule has 2 rings (SSSR count). The van der Waals surface area contributed by atoms with Gasteiger partial charge in [-0.1, -0.05) is 26.0 Å². The fourth-order valence-corrected chi connectivity index (χ4v) is 3.15. The Morgan fingerprint density at radius 3 is 2.62 bits per heavy atom. The molecule has 1 aromatic heterocycles. The summed E-state index contributed by atoms with van der Waals surface area (Å²) in [5.41, 5.74) is 2.16. The number of ether oxygens (including phenoxy) is 1. The van der Waals surface area contributed by atoms with E-state index in [2.05, 4.69) is 39.8 Å². The summed E-state index contributed by atoms with van der Waals surface area (Å²) in [6, 6.07) is 7.66. The first kappa shape index (κ1) is 25.2. The molecule has 0 saturated carbocycles. The number of nitrogens with zero attached hydrogens (tertiary/aromatic N) is 3. The standard InChI is InChI=1S/C20H29N5O2S.HI/c1-14(2)17-13-28-18(24-17)11-23-20(21-3)22-10-15-7-6-8-16(9-15)27-12-19(26)25(4)5;/h6-9,13-14H,10-12H2,1-5H3,(H2,21,22,23);1H. The average Bonchev–Trinajstić information content (AvgIpc) is 3.16. The van der Waals surface area contributed by atoms with Gasteiger partial charge in [-0.2, -0.15) is 0 Å². The number of benzene rings is 1. The van der Waals surface area contributed by atoms with E-state index in [1.807, 2.05) is 24.3 Å². The van der Waals surface area contributed by atoms with Crippen LogP contribution in [0.3, 0.4) is 0 Å². The molecule has 29 heavy (non-hydrogen) atoms. The molecule has 2 N–H and O–H groups in total. The van der Waals surface area contributed by atoms with Crippen molar-refractivity contribution in [2.75, 3.05) is 27.7 Å². The smallest absolute Gasteiger partial charge is 0.259 e. The van der Waals surface area contributed by atoms with Crippen LogP contribution in [0.15, 0.2) is 34.6 Å². The molecule has 1 aromatic carbocycles. The Kier molecular flexibility index (Phi) is 11.0. The zero-order valence-corrected chi connectivity index (χ0v) is 20.7. The van der Waals surface area contributed by atoms with Crippen molar-refractivity contribution >= 4 is 47.2 Å². The van der Waals surface area contributed by atoms with Gasteiger partial charge in [0.1, 0.15) is 10.8 Å². The lowest BCUT2D eigenvalue weighted by atomic mass is 10.2. The molecule has 0 saturated heterocycles. The van der Waals surface area contributed by atoms with Gasteiger partial charge in [0.25, 0.3) is 5.91 Å². The Morgan fingerprint density at radius 1 is 1.28 bits per heavy atom. The minimum Gasteiger partial charge on any atom is -0.484 e. The van der Waals surface area contributed by atoms with E-state index in [1.54, 1.807) is 32.5 Å². The van der Waals surface area contributed by atoms with E-state index in [-0.39, 0.29) is 36.5 Å². The number of amides is 1. The topological polar surface area (TPSA) is 78.9 Å². The van der Waals surface area contributed by atoms with Crippen molar-refractivity contribution in [3.05, 3.63) is 45.9 Å². The summed E-state index contributed by atoms with van der Waals surface area (Å²) in [6.07, 6.45) is 0. The van der Waals surface area contributed by atoms with Crippen LogP contribution in [0.1, 0.15) is 36.0 Å². The maximum absolute atomic E-state index is 11.6. The molecule has 1 heterocycles. The Hall–Kier alpha value is -1.88. The molecule has 0 bridgehead atoms. The zero-order valence-electron chi connectivity index (χ0n) is 17.6. The van der Waals surface area contributed by atoms with Crippen molar-refractivity contribution in [3.63, 3.8) is 0 Å². The van der Waals surface area contributed by atoms with Gasteiger partial charge in [-0.15, -0.1) is 35.3 Å². The molecular formula is C20H30IN5O2S. The number of carbonyl (C=O) groups is 1. The molecule has 0 aliphatic rings. The number of guanidine groups is 1. The maximum atomic E-state index is 11.6. The van der Waals surface area contributed by atoms with E-state index in [9.17, 15) is 4.79 Å². The number of aliphatic imine (C=N–C) groups is 1. The van der Waals surface area contributed by atoms with Gasteiger partial charge in [-0.3, -0.25) is 9.79 Å². The van der Waals surface area contributed by atoms with Gasteiger partial charge >= 0.3 is 0 Å². The molecule has 7 nitrogen and oxygen atoms in total. The highest BCUT2D eigenvalue weighted by Gasteiger charge is 2.07. The van der Waals surface area contributed by atoms with E-state index in [1.165, 1.54) is 4.90 Å². The highest BCUT2D eigenvalue weighted by atomic mass is 127. The van der Waals surface area contributed by atoms with Crippen LogP contribution in [0.4, 0.5) is 0 Å². The monoisotopic (exact) mass is 531 g/mol. The molecular weight excluding hydrogens is 501 g/mol. The summed E-state index contributed by atoms with van der Waals surface area (Å²) >= 11 is 1.65. The Balaban J connectivity index is 0.00000420. The summed E-state index contributed by atoms with van der Waals surface area (Å²) < 4.78 is 5.56. The number of carbonyl (C=O) groups excluding carboxylic acids is 1. The molecule has 0 atom stereocenters. The van der Waals surface area contributed by atoms with Crippen LogP contribution in [0.5, 0.6) is 5.75 Å². The van der Waals surface area contributed by atoms with Crippen molar-refractivity contribution in [2.24, 2.45) is 4.99 Å². The largest absolute Gasteiger partial charge is 0.484 e. The number of hydrogen-bond donors (Lipinski definition) is 2. The number of nitrogens with one attached hydrogen (secondary N) is 2. The zero-order chi connectivity index (χ0) is 20.5. The molecule has 160 valence electrons. The Morgan fingerprint density at radius 2 is 2.00 bits per heavy atom. The van der Waals surface area contributed by atoms with Gasteiger partial charge < -0.3 is 20.3 Å². The van der Waals surface area contributed by atoms with Crippen LogP contribution in [0.25, 0.3) is 0 Å². The summed E-state index contributed by atoms with van der Waals surface area (Å²) in [6.45, 7) is 5.53. The number of rotatable bonds is 8. The van der Waals surface area contributed by atoms with Crippen LogP contribution in [-0.4, -0.2) is 49.5 Å². The van der Waals surface area contributed by atoms with E-state index in [0.717, 1.165) is 16.3 Å². The summed E-state index contributed by atoms with van der Waals surface area (Å²) in [7, 11) is 5.16. The fourth-order valence-electron chi connectivity index (χ4n) is 2.26. The highest BCUT2D eigenvalue weighted by Crippen LogP contribution is 2.17. The van der Waals surface area contributed by atoms with Gasteiger partial charge in [-0.05, 0) is 23.6 Å². The quantitative estimate of drug-likeness (QED) is 0.311. The second-order valence-electron chi connectivity index (χ2n) is 6.82. The molecule has 0 radical (unpaired) electrons. The summed E-state index contributed by atoms with van der Waals surface area (Å²) in [4.78, 5) is 22.0. The molecule has 1 amide bonds. The molecule has 0 aliphatic heterocycles. The van der Waals surface area contributed by atoms with Crippen LogP contribution >= 0.6 is 35.3 Å². The first-order valence-corrected chi connectivity index (χ1v) is 10.1. The lowest BCUT2D eigenvalue weighted by molar-refractivity contribution is -0.130. The van der Waals surface area contributed by atoms with Crippen LogP contribution in [0, 0.1) is 0 Å². The van der Waals surface area contributed by atoms with Gasteiger partial charge in [0.2, 0.25) is 0 Å². The van der Waals surface area contributed by atoms with E-state index in [4.69, 9.17) is 4.74 Å². The third-order valence-corrected chi connectivity index (χ3v) is 4.88. The molecule has 9 heteroatoms. The lowest BCUT2D eigenvalue weighted by Crippen LogP contribution is -2.36. The van der Waals surface area contributed by atoms with Crippen LogP contribution in [-0.2, 0) is 17.9 Å². The van der Waals surface area contributed by atoms with Gasteiger partial charge in [0.15, 0.2) is 12.6 Å². The number of thiazole rings is 1. The normalized spacial score (nSPS) is 11.0. The predicted octanol–water partition coefficient (Wildman–Crippen LogP) is 3.22. The van der Waals surface area contributed by atoms with Crippen LogP contribution < -0.4 is 15.4 Å². The predicted molar refractivity (Wildman–Crippen MR) is 129 cm³/mol. The molecule has 0 aliphatic carbocycles. The van der Waals surface area contributed by atoms with Crippen molar-refractivity contribution < 1.29 is 9.53 Å².